The number of rotatable bonds is 2. The standard InChI is InChI=1S/C15H10ClFN2O2/c1-8-4-10(17)6-11-13(8)19(15(21)14(11)20)7-9-2-3-18-12(16)5-9/h2-6H,7H2,1H3. The smallest absolute Gasteiger partial charge is 0.299 e. The molecule has 0 radical (unpaired) electrons. The maximum absolute atomic E-state index is 13.4. The van der Waals surface area contributed by atoms with Gasteiger partial charge in [-0.05, 0) is 42.3 Å². The summed E-state index contributed by atoms with van der Waals surface area (Å²) in [6.07, 6.45) is 1.53. The van der Waals surface area contributed by atoms with Crippen LogP contribution in [0.25, 0.3) is 0 Å². The molecule has 0 saturated heterocycles. The number of ketones is 1. The van der Waals surface area contributed by atoms with Crippen molar-refractivity contribution in [3.05, 3.63) is 58.1 Å². The fraction of sp³-hybridized carbons (Fsp3) is 0.133. The quantitative estimate of drug-likeness (QED) is 0.633. The third-order valence-electron chi connectivity index (χ3n) is 3.35. The highest BCUT2D eigenvalue weighted by atomic mass is 35.5. The molecule has 6 heteroatoms. The molecule has 1 aliphatic rings. The lowest BCUT2D eigenvalue weighted by molar-refractivity contribution is -0.114. The number of hydrogen-bond acceptors (Lipinski definition) is 3. The first-order valence-corrected chi connectivity index (χ1v) is 6.62. The van der Waals surface area contributed by atoms with Gasteiger partial charge in [0.25, 0.3) is 11.7 Å². The molecule has 2 aromatic rings. The summed E-state index contributed by atoms with van der Waals surface area (Å²) in [7, 11) is 0. The molecule has 1 amide bonds. The van der Waals surface area contributed by atoms with E-state index >= 15 is 0 Å². The van der Waals surface area contributed by atoms with Crippen molar-refractivity contribution in [3.63, 3.8) is 0 Å². The van der Waals surface area contributed by atoms with Crippen LogP contribution in [0.15, 0.2) is 30.5 Å². The van der Waals surface area contributed by atoms with Crippen molar-refractivity contribution in [2.24, 2.45) is 0 Å². The molecule has 0 unspecified atom stereocenters. The van der Waals surface area contributed by atoms with Gasteiger partial charge in [-0.1, -0.05) is 11.6 Å². The lowest BCUT2D eigenvalue weighted by Crippen LogP contribution is -2.29. The minimum Gasteiger partial charge on any atom is -0.300 e. The van der Waals surface area contributed by atoms with Gasteiger partial charge in [-0.3, -0.25) is 9.59 Å². The van der Waals surface area contributed by atoms with E-state index in [1.807, 2.05) is 0 Å². The van der Waals surface area contributed by atoms with Crippen LogP contribution >= 0.6 is 11.6 Å². The topological polar surface area (TPSA) is 50.3 Å². The Balaban J connectivity index is 2.05. The summed E-state index contributed by atoms with van der Waals surface area (Å²) in [5, 5.41) is 0.307. The molecule has 0 saturated carbocycles. The highest BCUT2D eigenvalue weighted by Crippen LogP contribution is 2.34. The van der Waals surface area contributed by atoms with Gasteiger partial charge in [0.2, 0.25) is 0 Å². The number of amides is 1. The Bertz CT molecular complexity index is 776. The van der Waals surface area contributed by atoms with Crippen LogP contribution < -0.4 is 4.90 Å². The van der Waals surface area contributed by atoms with E-state index in [0.717, 1.165) is 11.6 Å². The van der Waals surface area contributed by atoms with Crippen LogP contribution in [0.1, 0.15) is 21.5 Å². The molecule has 0 fully saturated rings. The summed E-state index contributed by atoms with van der Waals surface area (Å²) in [5.41, 5.74) is 1.86. The van der Waals surface area contributed by atoms with Crippen LogP contribution in [0.2, 0.25) is 5.15 Å². The highest BCUT2D eigenvalue weighted by molar-refractivity contribution is 6.52. The second-order valence-corrected chi connectivity index (χ2v) is 5.21. The van der Waals surface area contributed by atoms with Gasteiger partial charge in [0.1, 0.15) is 11.0 Å². The molecular formula is C15H10ClFN2O2. The van der Waals surface area contributed by atoms with E-state index in [1.54, 1.807) is 19.1 Å². The number of anilines is 1. The Labute approximate surface area is 125 Å². The number of aromatic nitrogens is 1. The summed E-state index contributed by atoms with van der Waals surface area (Å²) >= 11 is 5.82. The molecular weight excluding hydrogens is 295 g/mol. The molecule has 2 heterocycles. The lowest BCUT2D eigenvalue weighted by atomic mass is 10.1. The number of pyridine rings is 1. The van der Waals surface area contributed by atoms with Gasteiger partial charge in [-0.15, -0.1) is 0 Å². The predicted octanol–water partition coefficient (Wildman–Crippen LogP) is 2.91. The molecule has 106 valence electrons. The molecule has 0 aliphatic carbocycles. The number of hydrogen-bond donors (Lipinski definition) is 0. The Hall–Kier alpha value is -2.27. The number of Topliss-reactive ketones (excluding diaryl/α,β-unsaturated/α-hetero) is 1. The number of benzene rings is 1. The highest BCUT2D eigenvalue weighted by Gasteiger charge is 2.37. The largest absolute Gasteiger partial charge is 0.300 e. The fourth-order valence-electron chi connectivity index (χ4n) is 2.48. The first-order valence-electron chi connectivity index (χ1n) is 6.24. The van der Waals surface area contributed by atoms with Gasteiger partial charge in [-0.25, -0.2) is 9.37 Å². The van der Waals surface area contributed by atoms with Crippen LogP contribution in [0.5, 0.6) is 0 Å². The van der Waals surface area contributed by atoms with Crippen molar-refractivity contribution in [1.82, 2.24) is 4.98 Å². The average molecular weight is 305 g/mol. The normalized spacial score (nSPS) is 13.8. The molecule has 0 N–H and O–H groups in total. The Morgan fingerprint density at radius 3 is 2.76 bits per heavy atom. The van der Waals surface area contributed by atoms with Crippen molar-refractivity contribution >= 4 is 29.0 Å². The predicted molar refractivity (Wildman–Crippen MR) is 75.9 cm³/mol. The van der Waals surface area contributed by atoms with E-state index in [9.17, 15) is 14.0 Å². The molecule has 3 rings (SSSR count). The van der Waals surface area contributed by atoms with Crippen LogP contribution in [0.3, 0.4) is 0 Å². The van der Waals surface area contributed by atoms with Crippen LogP contribution in [0.4, 0.5) is 10.1 Å². The zero-order chi connectivity index (χ0) is 15.1. The van der Waals surface area contributed by atoms with Gasteiger partial charge in [0.05, 0.1) is 17.8 Å². The average Bonchev–Trinajstić information content (AvgIpc) is 2.64. The number of nitrogens with zero attached hydrogens (tertiary/aromatic N) is 2. The van der Waals surface area contributed by atoms with Crippen molar-refractivity contribution in [2.45, 2.75) is 13.5 Å². The maximum atomic E-state index is 13.4. The van der Waals surface area contributed by atoms with Crippen molar-refractivity contribution in [2.75, 3.05) is 4.90 Å². The zero-order valence-corrected chi connectivity index (χ0v) is 11.8. The van der Waals surface area contributed by atoms with E-state index in [-0.39, 0.29) is 12.1 Å². The summed E-state index contributed by atoms with van der Waals surface area (Å²) in [6.45, 7) is 1.85. The number of fused-ring (bicyclic) bond motifs is 1. The SMILES string of the molecule is Cc1cc(F)cc2c1N(Cc1ccnc(Cl)c1)C(=O)C2=O. The molecule has 0 bridgehead atoms. The van der Waals surface area contributed by atoms with Gasteiger partial charge in [0.15, 0.2) is 0 Å². The summed E-state index contributed by atoms with van der Waals surface area (Å²) in [5.74, 6) is -1.87. The molecule has 1 aromatic carbocycles. The Kier molecular flexibility index (Phi) is 3.22. The van der Waals surface area contributed by atoms with E-state index in [1.165, 1.54) is 17.2 Å². The van der Waals surface area contributed by atoms with E-state index in [0.29, 0.717) is 16.4 Å². The molecule has 1 aromatic heterocycles. The van der Waals surface area contributed by atoms with E-state index in [4.69, 9.17) is 11.6 Å². The molecule has 4 nitrogen and oxygen atoms in total. The summed E-state index contributed by atoms with van der Waals surface area (Å²) < 4.78 is 13.4. The number of aryl methyl sites for hydroxylation is 1. The summed E-state index contributed by atoms with van der Waals surface area (Å²) in [4.78, 5) is 29.3. The van der Waals surface area contributed by atoms with E-state index < -0.39 is 17.5 Å². The fourth-order valence-corrected chi connectivity index (χ4v) is 2.68. The lowest BCUT2D eigenvalue weighted by Gasteiger charge is -2.18. The second-order valence-electron chi connectivity index (χ2n) is 4.83. The van der Waals surface area contributed by atoms with Gasteiger partial charge >= 0.3 is 0 Å². The Morgan fingerprint density at radius 1 is 1.29 bits per heavy atom. The molecule has 1 aliphatic heterocycles. The van der Waals surface area contributed by atoms with Crippen LogP contribution in [0, 0.1) is 12.7 Å². The second kappa shape index (κ2) is 4.93. The van der Waals surface area contributed by atoms with Crippen LogP contribution in [-0.4, -0.2) is 16.7 Å². The summed E-state index contributed by atoms with van der Waals surface area (Å²) in [6, 6.07) is 5.73. The first kappa shape index (κ1) is 13.7. The first-order chi connectivity index (χ1) is 9.97. The minimum absolute atomic E-state index is 0.109. The minimum atomic E-state index is -0.687. The van der Waals surface area contributed by atoms with Crippen molar-refractivity contribution in [3.8, 4) is 0 Å². The Morgan fingerprint density at radius 2 is 2.05 bits per heavy atom. The number of carbonyl (C=O) groups excluding carboxylic acids is 2. The molecule has 0 spiro atoms. The van der Waals surface area contributed by atoms with Gasteiger partial charge < -0.3 is 4.90 Å². The molecule has 0 atom stereocenters. The monoisotopic (exact) mass is 304 g/mol. The molecule has 21 heavy (non-hydrogen) atoms. The zero-order valence-electron chi connectivity index (χ0n) is 11.1. The van der Waals surface area contributed by atoms with Crippen molar-refractivity contribution < 1.29 is 14.0 Å². The third-order valence-corrected chi connectivity index (χ3v) is 3.56. The van der Waals surface area contributed by atoms with Crippen LogP contribution in [-0.2, 0) is 11.3 Å². The van der Waals surface area contributed by atoms with E-state index in [2.05, 4.69) is 4.98 Å². The number of halogens is 2. The maximum Gasteiger partial charge on any atom is 0.299 e. The third kappa shape index (κ3) is 2.29. The van der Waals surface area contributed by atoms with Crippen molar-refractivity contribution in [1.29, 1.82) is 0 Å². The van der Waals surface area contributed by atoms with Gasteiger partial charge in [0, 0.05) is 6.20 Å². The van der Waals surface area contributed by atoms with Gasteiger partial charge in [-0.2, -0.15) is 0 Å². The number of carbonyl (C=O) groups is 2.